The largest absolute Gasteiger partial charge is 0.496 e. The number of halogens is 2. The molecule has 90 valence electrons. The lowest BCUT2D eigenvalue weighted by Crippen LogP contribution is -2.36. The first kappa shape index (κ1) is 12.9. The molecule has 1 rings (SSSR count). The van der Waals surface area contributed by atoms with E-state index < -0.39 is 18.6 Å². The molecule has 0 aromatic heterocycles. The molecule has 0 saturated carbocycles. The van der Waals surface area contributed by atoms with E-state index in [2.05, 4.69) is 0 Å². The van der Waals surface area contributed by atoms with Gasteiger partial charge in [-0.1, -0.05) is 12.1 Å². The minimum Gasteiger partial charge on any atom is -0.496 e. The molecular formula is C11H15F2NO2. The van der Waals surface area contributed by atoms with Gasteiger partial charge in [-0.25, -0.2) is 8.78 Å². The summed E-state index contributed by atoms with van der Waals surface area (Å²) in [6.45, 7) is 0.478. The summed E-state index contributed by atoms with van der Waals surface area (Å²) in [5, 5.41) is 8.54. The number of hydrogen-bond donors (Lipinski definition) is 2. The fraction of sp³-hybridized carbons (Fsp3) is 0.455. The van der Waals surface area contributed by atoms with Gasteiger partial charge in [-0.15, -0.1) is 0 Å². The summed E-state index contributed by atoms with van der Waals surface area (Å²) in [7, 11) is 1.50. The molecule has 0 heterocycles. The van der Waals surface area contributed by atoms with Gasteiger partial charge in [0.15, 0.2) is 0 Å². The van der Waals surface area contributed by atoms with Crippen LogP contribution < -0.4 is 10.5 Å². The molecule has 3 nitrogen and oxygen atoms in total. The molecule has 0 radical (unpaired) electrons. The summed E-state index contributed by atoms with van der Waals surface area (Å²) < 4.78 is 31.3. The lowest BCUT2D eigenvalue weighted by Gasteiger charge is -2.22. The predicted octanol–water partition coefficient (Wildman–Crippen LogP) is 1.63. The average molecular weight is 231 g/mol. The van der Waals surface area contributed by atoms with Crippen molar-refractivity contribution in [2.75, 3.05) is 13.7 Å². The van der Waals surface area contributed by atoms with Gasteiger partial charge >= 0.3 is 0 Å². The monoisotopic (exact) mass is 231 g/mol. The highest BCUT2D eigenvalue weighted by molar-refractivity contribution is 5.37. The van der Waals surface area contributed by atoms with Gasteiger partial charge in [0.1, 0.15) is 12.4 Å². The van der Waals surface area contributed by atoms with Crippen LogP contribution in [0.3, 0.4) is 0 Å². The third-order valence-corrected chi connectivity index (χ3v) is 2.44. The lowest BCUT2D eigenvalue weighted by molar-refractivity contribution is -0.0711. The molecule has 0 fully saturated rings. The zero-order valence-electron chi connectivity index (χ0n) is 9.21. The Labute approximate surface area is 92.8 Å². The van der Waals surface area contributed by atoms with E-state index >= 15 is 0 Å². The second-order valence-electron chi connectivity index (χ2n) is 3.63. The Balaban J connectivity index is 3.02. The van der Waals surface area contributed by atoms with Gasteiger partial charge < -0.3 is 15.6 Å². The van der Waals surface area contributed by atoms with Crippen LogP contribution in [-0.2, 0) is 0 Å². The molecule has 0 aliphatic carbocycles. The molecule has 0 aliphatic rings. The number of alkyl halides is 2. The predicted molar refractivity (Wildman–Crippen MR) is 56.7 cm³/mol. The quantitative estimate of drug-likeness (QED) is 0.828. The van der Waals surface area contributed by atoms with Gasteiger partial charge in [0.2, 0.25) is 0 Å². The molecule has 1 aromatic rings. The van der Waals surface area contributed by atoms with Crippen molar-refractivity contribution < 1.29 is 18.6 Å². The Morgan fingerprint density at radius 2 is 2.12 bits per heavy atom. The first-order valence-corrected chi connectivity index (χ1v) is 4.81. The fourth-order valence-electron chi connectivity index (χ4n) is 1.44. The van der Waals surface area contributed by atoms with Crippen LogP contribution in [0.2, 0.25) is 0 Å². The van der Waals surface area contributed by atoms with Crippen LogP contribution >= 0.6 is 0 Å². The topological polar surface area (TPSA) is 55.5 Å². The summed E-state index contributed by atoms with van der Waals surface area (Å²) in [5.41, 5.74) is 6.39. The van der Waals surface area contributed by atoms with E-state index in [-0.39, 0.29) is 5.56 Å². The molecule has 1 aromatic carbocycles. The molecule has 0 saturated heterocycles. The van der Waals surface area contributed by atoms with Crippen LogP contribution in [0.5, 0.6) is 5.75 Å². The molecule has 16 heavy (non-hydrogen) atoms. The van der Waals surface area contributed by atoms with Crippen LogP contribution in [0.1, 0.15) is 17.2 Å². The highest BCUT2D eigenvalue weighted by atomic mass is 19.3. The van der Waals surface area contributed by atoms with Crippen molar-refractivity contribution in [3.8, 4) is 5.75 Å². The molecule has 0 spiro atoms. The van der Waals surface area contributed by atoms with Gasteiger partial charge in [-0.2, -0.15) is 0 Å². The van der Waals surface area contributed by atoms with E-state index in [4.69, 9.17) is 15.6 Å². The average Bonchev–Trinajstić information content (AvgIpc) is 2.27. The van der Waals surface area contributed by atoms with Gasteiger partial charge in [0.05, 0.1) is 13.2 Å². The SMILES string of the molecule is COc1ccc([C@H](N)C(F)(F)CO)cc1C. The van der Waals surface area contributed by atoms with Crippen LogP contribution in [0, 0.1) is 6.92 Å². The van der Waals surface area contributed by atoms with E-state index in [0.717, 1.165) is 5.56 Å². The first-order chi connectivity index (χ1) is 7.42. The van der Waals surface area contributed by atoms with Gasteiger partial charge in [0.25, 0.3) is 5.92 Å². The zero-order chi connectivity index (χ0) is 12.3. The Morgan fingerprint density at radius 1 is 1.50 bits per heavy atom. The lowest BCUT2D eigenvalue weighted by atomic mass is 10.00. The minimum absolute atomic E-state index is 0.275. The fourth-order valence-corrected chi connectivity index (χ4v) is 1.44. The highest BCUT2D eigenvalue weighted by Gasteiger charge is 2.37. The van der Waals surface area contributed by atoms with Crippen LogP contribution in [0.4, 0.5) is 8.78 Å². The Bertz CT molecular complexity index is 369. The van der Waals surface area contributed by atoms with E-state index in [1.165, 1.54) is 19.2 Å². The summed E-state index contributed by atoms with van der Waals surface area (Å²) in [4.78, 5) is 0. The number of aliphatic hydroxyl groups is 1. The summed E-state index contributed by atoms with van der Waals surface area (Å²) >= 11 is 0. The van der Waals surface area contributed by atoms with Gasteiger partial charge in [-0.3, -0.25) is 0 Å². The number of hydrogen-bond acceptors (Lipinski definition) is 3. The standard InChI is InChI=1S/C11H15F2NO2/c1-7-5-8(3-4-9(7)16-2)10(14)11(12,13)6-15/h3-5,10,15H,6,14H2,1-2H3/t10-/m0/s1. The number of aryl methyl sites for hydroxylation is 1. The number of ether oxygens (including phenoxy) is 1. The maximum absolute atomic E-state index is 13.1. The Morgan fingerprint density at radius 3 is 2.56 bits per heavy atom. The molecule has 3 N–H and O–H groups in total. The van der Waals surface area contributed by atoms with Gasteiger partial charge in [0, 0.05) is 0 Å². The third-order valence-electron chi connectivity index (χ3n) is 2.44. The molecule has 1 atom stereocenters. The van der Waals surface area contributed by atoms with Crippen molar-refractivity contribution >= 4 is 0 Å². The molecule has 0 unspecified atom stereocenters. The number of methoxy groups -OCH3 is 1. The minimum atomic E-state index is -3.32. The molecule has 5 heteroatoms. The van der Waals surface area contributed by atoms with Crippen molar-refractivity contribution in [2.45, 2.75) is 18.9 Å². The summed E-state index contributed by atoms with van der Waals surface area (Å²) in [5.74, 6) is -2.70. The molecule has 0 aliphatic heterocycles. The zero-order valence-corrected chi connectivity index (χ0v) is 9.21. The Hall–Kier alpha value is -1.20. The van der Waals surface area contributed by atoms with Crippen molar-refractivity contribution in [1.29, 1.82) is 0 Å². The maximum atomic E-state index is 13.1. The number of rotatable bonds is 4. The smallest absolute Gasteiger partial charge is 0.289 e. The van der Waals surface area contributed by atoms with E-state index in [9.17, 15) is 8.78 Å². The van der Waals surface area contributed by atoms with E-state index in [0.29, 0.717) is 5.75 Å². The molecular weight excluding hydrogens is 216 g/mol. The van der Waals surface area contributed by atoms with E-state index in [1.54, 1.807) is 13.0 Å². The second kappa shape index (κ2) is 4.76. The highest BCUT2D eigenvalue weighted by Crippen LogP contribution is 2.31. The number of aliphatic hydroxyl groups excluding tert-OH is 1. The number of nitrogens with two attached hydrogens (primary N) is 1. The molecule has 0 amide bonds. The molecule has 0 bridgehead atoms. The summed E-state index contributed by atoms with van der Waals surface area (Å²) in [6, 6.07) is 3.08. The Kier molecular flexibility index (Phi) is 3.83. The number of benzene rings is 1. The van der Waals surface area contributed by atoms with Crippen LogP contribution in [-0.4, -0.2) is 24.7 Å². The maximum Gasteiger partial charge on any atom is 0.289 e. The van der Waals surface area contributed by atoms with E-state index in [1.807, 2.05) is 0 Å². The van der Waals surface area contributed by atoms with Crippen molar-refractivity contribution in [2.24, 2.45) is 5.73 Å². The third kappa shape index (κ3) is 2.48. The van der Waals surface area contributed by atoms with Crippen molar-refractivity contribution in [1.82, 2.24) is 0 Å². The summed E-state index contributed by atoms with van der Waals surface area (Å²) in [6.07, 6.45) is 0. The van der Waals surface area contributed by atoms with Crippen LogP contribution in [0.15, 0.2) is 18.2 Å². The second-order valence-corrected chi connectivity index (χ2v) is 3.63. The van der Waals surface area contributed by atoms with Crippen LogP contribution in [0.25, 0.3) is 0 Å². The first-order valence-electron chi connectivity index (χ1n) is 4.81. The van der Waals surface area contributed by atoms with Crippen molar-refractivity contribution in [3.05, 3.63) is 29.3 Å². The van der Waals surface area contributed by atoms with Gasteiger partial charge in [-0.05, 0) is 24.1 Å². The normalized spacial score (nSPS) is 13.6. The van der Waals surface area contributed by atoms with Crippen molar-refractivity contribution in [3.63, 3.8) is 0 Å².